The third kappa shape index (κ3) is 1.67. The van der Waals surface area contributed by atoms with Crippen LogP contribution in [0.2, 0.25) is 0 Å². The maximum atomic E-state index is 12.0. The number of phenols is 1. The number of rotatable bonds is 2. The summed E-state index contributed by atoms with van der Waals surface area (Å²) >= 11 is 0. The molecule has 4 atom stereocenters. The highest BCUT2D eigenvalue weighted by atomic mass is 16.5. The Labute approximate surface area is 105 Å². The molecule has 1 aromatic rings. The van der Waals surface area contributed by atoms with E-state index in [2.05, 4.69) is 5.32 Å². The number of carbonyl (C=O) groups excluding carboxylic acids is 1. The molecule has 4 N–H and O–H groups in total. The normalized spacial score (nSPS) is 33.6. The predicted octanol–water partition coefficient (Wildman–Crippen LogP) is 0.237. The lowest BCUT2D eigenvalue weighted by molar-refractivity contribution is -0.0161. The van der Waals surface area contributed by atoms with Gasteiger partial charge in [0.05, 0.1) is 17.7 Å². The van der Waals surface area contributed by atoms with Crippen molar-refractivity contribution in [1.29, 1.82) is 0 Å². The molecular formula is C13H16N2O3. The Morgan fingerprint density at radius 1 is 1.44 bits per heavy atom. The Balaban J connectivity index is 1.70. The van der Waals surface area contributed by atoms with Crippen LogP contribution in [0, 0.1) is 5.92 Å². The molecule has 1 aliphatic heterocycles. The number of hydrogen-bond acceptors (Lipinski definition) is 4. The van der Waals surface area contributed by atoms with Gasteiger partial charge in [-0.25, -0.2) is 0 Å². The van der Waals surface area contributed by atoms with E-state index in [9.17, 15) is 9.90 Å². The summed E-state index contributed by atoms with van der Waals surface area (Å²) in [5.41, 5.74) is 6.28. The van der Waals surface area contributed by atoms with E-state index in [1.807, 2.05) is 0 Å². The summed E-state index contributed by atoms with van der Waals surface area (Å²) in [6, 6.07) is 6.27. The van der Waals surface area contributed by atoms with Crippen LogP contribution in [-0.4, -0.2) is 35.8 Å². The van der Waals surface area contributed by atoms with E-state index in [4.69, 9.17) is 10.5 Å². The Bertz CT molecular complexity index is 477. The van der Waals surface area contributed by atoms with E-state index >= 15 is 0 Å². The molecule has 1 heterocycles. The number of nitrogens with two attached hydrogens (primary N) is 1. The Morgan fingerprint density at radius 3 is 3.00 bits per heavy atom. The summed E-state index contributed by atoms with van der Waals surface area (Å²) in [7, 11) is 0. The Kier molecular flexibility index (Phi) is 2.72. The maximum absolute atomic E-state index is 12.0. The third-order valence-electron chi connectivity index (χ3n) is 3.89. The van der Waals surface area contributed by atoms with Crippen molar-refractivity contribution in [3.63, 3.8) is 0 Å². The molecule has 1 saturated heterocycles. The summed E-state index contributed by atoms with van der Waals surface area (Å²) in [5.74, 6) is 0.0361. The summed E-state index contributed by atoms with van der Waals surface area (Å²) in [6.45, 7) is 0.714. The number of benzene rings is 1. The van der Waals surface area contributed by atoms with Gasteiger partial charge in [-0.3, -0.25) is 4.79 Å². The number of fused-ring (bicyclic) bond motifs is 1. The van der Waals surface area contributed by atoms with Crippen LogP contribution in [0.15, 0.2) is 24.3 Å². The lowest BCUT2D eigenvalue weighted by Gasteiger charge is -2.45. The van der Waals surface area contributed by atoms with Crippen molar-refractivity contribution >= 4 is 5.91 Å². The number of hydrogen-bond donors (Lipinski definition) is 3. The summed E-state index contributed by atoms with van der Waals surface area (Å²) < 4.78 is 5.54. The van der Waals surface area contributed by atoms with Gasteiger partial charge in [-0.2, -0.15) is 0 Å². The average Bonchev–Trinajstić information content (AvgIpc) is 2.81. The molecule has 0 bridgehead atoms. The predicted molar refractivity (Wildman–Crippen MR) is 65.2 cm³/mol. The summed E-state index contributed by atoms with van der Waals surface area (Å²) in [4.78, 5) is 12.0. The summed E-state index contributed by atoms with van der Waals surface area (Å²) in [6.07, 6.45) is 1.00. The zero-order valence-corrected chi connectivity index (χ0v) is 9.87. The van der Waals surface area contributed by atoms with Gasteiger partial charge < -0.3 is 20.9 Å². The molecule has 5 heteroatoms. The highest BCUT2D eigenvalue weighted by Crippen LogP contribution is 2.37. The lowest BCUT2D eigenvalue weighted by atomic mass is 9.72. The van der Waals surface area contributed by atoms with E-state index in [-0.39, 0.29) is 35.4 Å². The smallest absolute Gasteiger partial charge is 0.255 e. The maximum Gasteiger partial charge on any atom is 0.255 e. The lowest BCUT2D eigenvalue weighted by Crippen LogP contribution is -2.68. The Hall–Kier alpha value is -1.59. The van der Waals surface area contributed by atoms with Crippen LogP contribution in [0.3, 0.4) is 0 Å². The molecular weight excluding hydrogens is 232 g/mol. The molecule has 1 aliphatic carbocycles. The van der Waals surface area contributed by atoms with Crippen molar-refractivity contribution in [2.45, 2.75) is 24.6 Å². The molecule has 5 nitrogen and oxygen atoms in total. The molecule has 3 rings (SSSR count). The van der Waals surface area contributed by atoms with Crippen molar-refractivity contribution < 1.29 is 14.6 Å². The number of aromatic hydroxyl groups is 1. The number of nitrogens with one attached hydrogen (secondary N) is 1. The van der Waals surface area contributed by atoms with E-state index in [1.165, 1.54) is 6.07 Å². The molecule has 0 aromatic heterocycles. The van der Waals surface area contributed by atoms with Gasteiger partial charge >= 0.3 is 0 Å². The third-order valence-corrected chi connectivity index (χ3v) is 3.89. The van der Waals surface area contributed by atoms with Gasteiger partial charge in [-0.1, -0.05) is 12.1 Å². The molecule has 0 radical (unpaired) electrons. The van der Waals surface area contributed by atoms with E-state index < -0.39 is 0 Å². The molecule has 1 amide bonds. The molecule has 1 saturated carbocycles. The number of phenolic OH excluding ortho intramolecular Hbond substituents is 1. The van der Waals surface area contributed by atoms with Crippen LogP contribution in [0.25, 0.3) is 0 Å². The van der Waals surface area contributed by atoms with Crippen molar-refractivity contribution in [3.8, 4) is 5.75 Å². The van der Waals surface area contributed by atoms with Gasteiger partial charge in [0.2, 0.25) is 0 Å². The van der Waals surface area contributed by atoms with Gasteiger partial charge in [0.1, 0.15) is 5.75 Å². The molecule has 18 heavy (non-hydrogen) atoms. The second-order valence-electron chi connectivity index (χ2n) is 4.88. The van der Waals surface area contributed by atoms with Crippen molar-refractivity contribution in [3.05, 3.63) is 29.8 Å². The van der Waals surface area contributed by atoms with Crippen molar-refractivity contribution in [2.24, 2.45) is 11.7 Å². The van der Waals surface area contributed by atoms with E-state index in [1.54, 1.807) is 18.2 Å². The first-order chi connectivity index (χ1) is 8.68. The van der Waals surface area contributed by atoms with Crippen LogP contribution in [0.5, 0.6) is 5.75 Å². The minimum atomic E-state index is -0.303. The molecule has 4 unspecified atom stereocenters. The fourth-order valence-electron chi connectivity index (χ4n) is 2.82. The van der Waals surface area contributed by atoms with Crippen LogP contribution < -0.4 is 11.1 Å². The standard InChI is InChI=1S/C13H16N2O3/c14-10-8-5-6-18-12(8)11(10)15-13(17)7-3-1-2-4-9(7)16/h1-4,8,10-12,16H,5-6,14H2,(H,15,17). The largest absolute Gasteiger partial charge is 0.507 e. The zero-order valence-electron chi connectivity index (χ0n) is 9.87. The van der Waals surface area contributed by atoms with Gasteiger partial charge in [-0.05, 0) is 18.6 Å². The fraction of sp³-hybridized carbons (Fsp3) is 0.462. The minimum Gasteiger partial charge on any atom is -0.507 e. The van der Waals surface area contributed by atoms with Crippen LogP contribution in [-0.2, 0) is 4.74 Å². The second kappa shape index (κ2) is 4.26. The highest BCUT2D eigenvalue weighted by molar-refractivity contribution is 5.97. The Morgan fingerprint density at radius 2 is 2.22 bits per heavy atom. The van der Waals surface area contributed by atoms with Crippen molar-refractivity contribution in [2.75, 3.05) is 6.61 Å². The second-order valence-corrected chi connectivity index (χ2v) is 4.88. The molecule has 2 aliphatic rings. The van der Waals surface area contributed by atoms with E-state index in [0.29, 0.717) is 12.5 Å². The first kappa shape index (κ1) is 11.5. The first-order valence-corrected chi connectivity index (χ1v) is 6.14. The molecule has 2 fully saturated rings. The molecule has 0 spiro atoms. The highest BCUT2D eigenvalue weighted by Gasteiger charge is 2.52. The minimum absolute atomic E-state index is 0.0215. The monoisotopic (exact) mass is 248 g/mol. The van der Waals surface area contributed by atoms with E-state index in [0.717, 1.165) is 6.42 Å². The number of carbonyl (C=O) groups is 1. The average molecular weight is 248 g/mol. The number of para-hydroxylation sites is 1. The van der Waals surface area contributed by atoms with Gasteiger partial charge in [0.15, 0.2) is 0 Å². The zero-order chi connectivity index (χ0) is 12.7. The fourth-order valence-corrected chi connectivity index (χ4v) is 2.82. The molecule has 1 aromatic carbocycles. The summed E-state index contributed by atoms with van der Waals surface area (Å²) in [5, 5.41) is 12.5. The first-order valence-electron chi connectivity index (χ1n) is 6.14. The van der Waals surface area contributed by atoms with Gasteiger partial charge in [-0.15, -0.1) is 0 Å². The van der Waals surface area contributed by atoms with Crippen LogP contribution in [0.4, 0.5) is 0 Å². The van der Waals surface area contributed by atoms with Crippen LogP contribution >= 0.6 is 0 Å². The topological polar surface area (TPSA) is 84.6 Å². The SMILES string of the molecule is NC1C2CCOC2C1NC(=O)c1ccccc1O. The van der Waals surface area contributed by atoms with Crippen LogP contribution in [0.1, 0.15) is 16.8 Å². The van der Waals surface area contributed by atoms with Gasteiger partial charge in [0, 0.05) is 18.6 Å². The van der Waals surface area contributed by atoms with Crippen molar-refractivity contribution in [1.82, 2.24) is 5.32 Å². The van der Waals surface area contributed by atoms with Gasteiger partial charge in [0.25, 0.3) is 5.91 Å². The molecule has 96 valence electrons. The quantitative estimate of drug-likeness (QED) is 0.700. The number of ether oxygens (including phenoxy) is 1. The number of amides is 1.